The molecular weight excluding hydrogens is 252 g/mol. The molecule has 0 fully saturated rings. The van der Waals surface area contributed by atoms with Gasteiger partial charge in [-0.05, 0) is 24.6 Å². The van der Waals surface area contributed by atoms with Gasteiger partial charge in [0.2, 0.25) is 0 Å². The van der Waals surface area contributed by atoms with E-state index in [0.717, 1.165) is 12.2 Å². The van der Waals surface area contributed by atoms with Gasteiger partial charge < -0.3 is 15.0 Å². The van der Waals surface area contributed by atoms with Gasteiger partial charge in [-0.1, -0.05) is 0 Å². The summed E-state index contributed by atoms with van der Waals surface area (Å²) in [6.45, 7) is 2.80. The highest BCUT2D eigenvalue weighted by molar-refractivity contribution is 5.31. The Kier molecular flexibility index (Phi) is 4.11. The molecule has 0 radical (unpaired) electrons. The quantitative estimate of drug-likeness (QED) is 0.903. The van der Waals surface area contributed by atoms with E-state index in [0.29, 0.717) is 5.56 Å². The number of hydrogen-bond acceptors (Lipinski definition) is 3. The predicted molar refractivity (Wildman–Crippen MR) is 66.5 cm³/mol. The zero-order valence-corrected chi connectivity index (χ0v) is 10.6. The average Bonchev–Trinajstić information content (AvgIpc) is 2.85. The van der Waals surface area contributed by atoms with Crippen LogP contribution in [-0.4, -0.2) is 9.55 Å². The van der Waals surface area contributed by atoms with Gasteiger partial charge in [0.25, 0.3) is 0 Å². The average molecular weight is 267 g/mol. The molecule has 102 valence electrons. The van der Waals surface area contributed by atoms with E-state index < -0.39 is 11.6 Å². The number of imidazole rings is 1. The van der Waals surface area contributed by atoms with Crippen LogP contribution in [0.15, 0.2) is 24.7 Å². The van der Waals surface area contributed by atoms with Crippen LogP contribution in [0.5, 0.6) is 5.75 Å². The molecule has 0 saturated carbocycles. The van der Waals surface area contributed by atoms with Crippen LogP contribution in [-0.2, 0) is 19.7 Å². The second kappa shape index (κ2) is 5.79. The minimum atomic E-state index is -0.747. The Morgan fingerprint density at radius 3 is 2.58 bits per heavy atom. The molecule has 2 N–H and O–H groups in total. The molecule has 6 heteroatoms. The fourth-order valence-electron chi connectivity index (χ4n) is 1.77. The molecule has 0 aliphatic carbocycles. The number of nitrogens with zero attached hydrogens (tertiary/aromatic N) is 2. The van der Waals surface area contributed by atoms with Crippen molar-refractivity contribution in [1.29, 1.82) is 0 Å². The Hall–Kier alpha value is -1.95. The van der Waals surface area contributed by atoms with E-state index in [2.05, 4.69) is 4.98 Å². The van der Waals surface area contributed by atoms with Gasteiger partial charge in [-0.15, -0.1) is 0 Å². The molecule has 4 nitrogen and oxygen atoms in total. The molecule has 0 aliphatic heterocycles. The smallest absolute Gasteiger partial charge is 0.191 e. The van der Waals surface area contributed by atoms with Crippen molar-refractivity contribution in [3.05, 3.63) is 47.5 Å². The first-order valence-corrected chi connectivity index (χ1v) is 5.95. The molecule has 1 heterocycles. The Bertz CT molecular complexity index is 546. The van der Waals surface area contributed by atoms with E-state index in [9.17, 15) is 8.78 Å². The van der Waals surface area contributed by atoms with Crippen LogP contribution in [0.4, 0.5) is 8.78 Å². The number of rotatable bonds is 5. The van der Waals surface area contributed by atoms with Gasteiger partial charge in [0.1, 0.15) is 6.61 Å². The van der Waals surface area contributed by atoms with E-state index in [1.807, 2.05) is 11.5 Å². The van der Waals surface area contributed by atoms with Gasteiger partial charge in [0.05, 0.1) is 18.2 Å². The summed E-state index contributed by atoms with van der Waals surface area (Å²) < 4.78 is 34.4. The second-order valence-corrected chi connectivity index (χ2v) is 4.05. The largest absolute Gasteiger partial charge is 0.481 e. The maximum atomic E-state index is 13.7. The molecule has 1 aromatic carbocycles. The Labute approximate surface area is 109 Å². The van der Waals surface area contributed by atoms with Crippen molar-refractivity contribution in [2.75, 3.05) is 0 Å². The maximum Gasteiger partial charge on any atom is 0.191 e. The van der Waals surface area contributed by atoms with Crippen LogP contribution < -0.4 is 10.5 Å². The lowest BCUT2D eigenvalue weighted by atomic mass is 10.2. The molecule has 0 spiro atoms. The molecular formula is C13H15F2N3O. The summed E-state index contributed by atoms with van der Waals surface area (Å²) in [6, 6.07) is 2.35. The normalized spacial score (nSPS) is 10.7. The monoisotopic (exact) mass is 267 g/mol. The van der Waals surface area contributed by atoms with Gasteiger partial charge in [-0.2, -0.15) is 0 Å². The number of halogens is 2. The number of benzene rings is 1. The van der Waals surface area contributed by atoms with E-state index in [1.54, 1.807) is 12.5 Å². The first-order valence-electron chi connectivity index (χ1n) is 5.95. The summed E-state index contributed by atoms with van der Waals surface area (Å²) in [5.41, 5.74) is 6.48. The van der Waals surface area contributed by atoms with Gasteiger partial charge in [-0.3, -0.25) is 0 Å². The highest BCUT2D eigenvalue weighted by Crippen LogP contribution is 2.24. The standard InChI is InChI=1S/C13H15F2N3O/c1-2-18-8-17-6-10(18)7-19-13-11(14)3-9(5-16)4-12(13)15/h3-4,6,8H,2,5,7,16H2,1H3. The molecule has 19 heavy (non-hydrogen) atoms. The second-order valence-electron chi connectivity index (χ2n) is 4.05. The van der Waals surface area contributed by atoms with Gasteiger partial charge in [0, 0.05) is 13.1 Å². The summed E-state index contributed by atoms with van der Waals surface area (Å²) in [5.74, 6) is -1.88. The fraction of sp³-hybridized carbons (Fsp3) is 0.308. The third-order valence-electron chi connectivity index (χ3n) is 2.80. The van der Waals surface area contributed by atoms with Gasteiger partial charge >= 0.3 is 0 Å². The van der Waals surface area contributed by atoms with Crippen LogP contribution in [0.1, 0.15) is 18.2 Å². The summed E-state index contributed by atoms with van der Waals surface area (Å²) in [5, 5.41) is 0. The van der Waals surface area contributed by atoms with E-state index >= 15 is 0 Å². The molecule has 2 aromatic rings. The lowest BCUT2D eigenvalue weighted by Crippen LogP contribution is -2.06. The van der Waals surface area contributed by atoms with Crippen molar-refractivity contribution in [1.82, 2.24) is 9.55 Å². The molecule has 0 atom stereocenters. The fourth-order valence-corrected chi connectivity index (χ4v) is 1.77. The van der Waals surface area contributed by atoms with Crippen LogP contribution in [0.25, 0.3) is 0 Å². The SMILES string of the molecule is CCn1cncc1COc1c(F)cc(CN)cc1F. The lowest BCUT2D eigenvalue weighted by molar-refractivity contribution is 0.265. The number of nitrogens with two attached hydrogens (primary N) is 1. The number of aryl methyl sites for hydroxylation is 1. The van der Waals surface area contributed by atoms with Crippen molar-refractivity contribution < 1.29 is 13.5 Å². The molecule has 0 unspecified atom stereocenters. The summed E-state index contributed by atoms with van der Waals surface area (Å²) >= 11 is 0. The summed E-state index contributed by atoms with van der Waals surface area (Å²) in [7, 11) is 0. The third kappa shape index (κ3) is 2.90. The van der Waals surface area contributed by atoms with Crippen LogP contribution in [0, 0.1) is 11.6 Å². The van der Waals surface area contributed by atoms with Crippen LogP contribution in [0.2, 0.25) is 0 Å². The molecule has 1 aromatic heterocycles. The summed E-state index contributed by atoms with van der Waals surface area (Å²) in [6.07, 6.45) is 3.25. The van der Waals surface area contributed by atoms with E-state index in [-0.39, 0.29) is 18.9 Å². The Morgan fingerprint density at radius 2 is 2.00 bits per heavy atom. The Morgan fingerprint density at radius 1 is 1.32 bits per heavy atom. The molecule has 0 aliphatic rings. The predicted octanol–water partition coefficient (Wildman–Crippen LogP) is 2.22. The minimum Gasteiger partial charge on any atom is -0.481 e. The minimum absolute atomic E-state index is 0.0592. The lowest BCUT2D eigenvalue weighted by Gasteiger charge is -2.10. The Balaban J connectivity index is 2.16. The first-order chi connectivity index (χ1) is 9.15. The van der Waals surface area contributed by atoms with Crippen LogP contribution in [0.3, 0.4) is 0 Å². The van der Waals surface area contributed by atoms with Crippen LogP contribution >= 0.6 is 0 Å². The highest BCUT2D eigenvalue weighted by atomic mass is 19.1. The zero-order chi connectivity index (χ0) is 13.8. The highest BCUT2D eigenvalue weighted by Gasteiger charge is 2.13. The first kappa shape index (κ1) is 13.5. The number of ether oxygens (including phenoxy) is 1. The molecule has 0 amide bonds. The topological polar surface area (TPSA) is 53.1 Å². The summed E-state index contributed by atoms with van der Waals surface area (Å²) in [4.78, 5) is 3.96. The number of aromatic nitrogens is 2. The van der Waals surface area contributed by atoms with E-state index in [1.165, 1.54) is 12.1 Å². The maximum absolute atomic E-state index is 13.7. The third-order valence-corrected chi connectivity index (χ3v) is 2.80. The van der Waals surface area contributed by atoms with Crippen molar-refractivity contribution in [3.8, 4) is 5.75 Å². The molecule has 0 saturated heterocycles. The number of hydrogen-bond donors (Lipinski definition) is 1. The zero-order valence-electron chi connectivity index (χ0n) is 10.6. The van der Waals surface area contributed by atoms with Gasteiger partial charge in [0.15, 0.2) is 17.4 Å². The van der Waals surface area contributed by atoms with Crippen molar-refractivity contribution in [2.24, 2.45) is 5.73 Å². The molecule has 0 bridgehead atoms. The van der Waals surface area contributed by atoms with E-state index in [4.69, 9.17) is 10.5 Å². The van der Waals surface area contributed by atoms with Crippen molar-refractivity contribution in [3.63, 3.8) is 0 Å². The molecule has 2 rings (SSSR count). The van der Waals surface area contributed by atoms with Crippen molar-refractivity contribution >= 4 is 0 Å². The van der Waals surface area contributed by atoms with Gasteiger partial charge in [-0.25, -0.2) is 13.8 Å². The van der Waals surface area contributed by atoms with Crippen molar-refractivity contribution in [2.45, 2.75) is 26.6 Å².